The maximum absolute atomic E-state index is 13.3. The van der Waals surface area contributed by atoms with Gasteiger partial charge in [0.1, 0.15) is 11.6 Å². The molecule has 1 aromatic rings. The van der Waals surface area contributed by atoms with E-state index in [-0.39, 0.29) is 5.92 Å². The number of benzene rings is 1. The fraction of sp³-hybridized carbons (Fsp3) is 0.364. The monoisotopic (exact) mass is 193 g/mol. The molecule has 3 heteroatoms. The van der Waals surface area contributed by atoms with Gasteiger partial charge < -0.3 is 0 Å². The molecule has 1 aliphatic rings. The molecule has 14 heavy (non-hydrogen) atoms. The highest BCUT2D eigenvalue weighted by Gasteiger charge is 2.52. The first-order chi connectivity index (χ1) is 6.57. The quantitative estimate of drug-likeness (QED) is 0.672. The minimum Gasteiger partial charge on any atom is -0.207 e. The van der Waals surface area contributed by atoms with Crippen LogP contribution in [0.1, 0.15) is 24.8 Å². The smallest absolute Gasteiger partial charge is 0.129 e. The summed E-state index contributed by atoms with van der Waals surface area (Å²) in [4.78, 5) is 0. The van der Waals surface area contributed by atoms with E-state index in [4.69, 9.17) is 5.26 Å². The Balaban J connectivity index is 2.33. The fourth-order valence-electron chi connectivity index (χ4n) is 1.73. The van der Waals surface area contributed by atoms with Crippen molar-refractivity contribution in [2.45, 2.75) is 19.3 Å². The van der Waals surface area contributed by atoms with Crippen molar-refractivity contribution < 1.29 is 8.78 Å². The summed E-state index contributed by atoms with van der Waals surface area (Å²) >= 11 is 0. The van der Waals surface area contributed by atoms with Gasteiger partial charge in [-0.1, -0.05) is 6.07 Å². The Labute approximate surface area is 81.0 Å². The topological polar surface area (TPSA) is 23.8 Å². The van der Waals surface area contributed by atoms with Crippen molar-refractivity contribution in [1.29, 1.82) is 5.26 Å². The molecule has 0 bridgehead atoms. The third-order valence-corrected chi connectivity index (χ3v) is 2.83. The van der Waals surface area contributed by atoms with E-state index in [0.29, 0.717) is 12.0 Å². The normalized spacial score (nSPS) is 29.7. The highest BCUT2D eigenvalue weighted by atomic mass is 19.1. The Morgan fingerprint density at radius 2 is 2.21 bits per heavy atom. The lowest BCUT2D eigenvalue weighted by atomic mass is 10.0. The van der Waals surface area contributed by atoms with Crippen LogP contribution in [0.15, 0.2) is 18.2 Å². The molecule has 0 amide bonds. The molecule has 0 heterocycles. The third kappa shape index (κ3) is 1.27. The Kier molecular flexibility index (Phi) is 1.81. The summed E-state index contributed by atoms with van der Waals surface area (Å²) in [5.74, 6) is -1.20. The second-order valence-electron chi connectivity index (χ2n) is 3.95. The summed E-state index contributed by atoms with van der Waals surface area (Å²) in [6.45, 7) is 1.79. The molecule has 0 aromatic heterocycles. The van der Waals surface area contributed by atoms with Gasteiger partial charge in [0.05, 0.1) is 11.5 Å². The number of hydrogen-bond donors (Lipinski definition) is 0. The number of rotatable bonds is 1. The maximum atomic E-state index is 13.3. The van der Waals surface area contributed by atoms with E-state index in [0.717, 1.165) is 6.07 Å². The molecule has 0 radical (unpaired) electrons. The standard InChI is InChI=1S/C11H9F2N/c1-11(6-14)5-9(11)8-3-2-7(12)4-10(8)13/h2-4,9H,5H2,1H3. The van der Waals surface area contributed by atoms with E-state index in [1.54, 1.807) is 6.92 Å². The van der Waals surface area contributed by atoms with Crippen molar-refractivity contribution in [3.8, 4) is 6.07 Å². The molecule has 0 saturated heterocycles. The molecule has 1 aliphatic carbocycles. The first-order valence-electron chi connectivity index (χ1n) is 4.43. The van der Waals surface area contributed by atoms with Crippen LogP contribution in [0.25, 0.3) is 0 Å². The first kappa shape index (κ1) is 9.14. The largest absolute Gasteiger partial charge is 0.207 e. The van der Waals surface area contributed by atoms with Crippen molar-refractivity contribution in [3.63, 3.8) is 0 Å². The van der Waals surface area contributed by atoms with Crippen LogP contribution in [0.3, 0.4) is 0 Å². The minimum atomic E-state index is -0.578. The molecular formula is C11H9F2N. The highest BCUT2D eigenvalue weighted by Crippen LogP contribution is 2.58. The van der Waals surface area contributed by atoms with E-state index < -0.39 is 17.0 Å². The van der Waals surface area contributed by atoms with Gasteiger partial charge in [0.2, 0.25) is 0 Å². The Hall–Kier alpha value is -1.43. The van der Waals surface area contributed by atoms with Gasteiger partial charge in [0.25, 0.3) is 0 Å². The summed E-state index contributed by atoms with van der Waals surface area (Å²) in [6, 6.07) is 5.67. The van der Waals surface area contributed by atoms with Gasteiger partial charge in [0.15, 0.2) is 0 Å². The SMILES string of the molecule is CC1(C#N)CC1c1ccc(F)cc1F. The zero-order chi connectivity index (χ0) is 10.3. The molecule has 2 unspecified atom stereocenters. The lowest BCUT2D eigenvalue weighted by Crippen LogP contribution is -1.96. The van der Waals surface area contributed by atoms with Crippen LogP contribution in [0.2, 0.25) is 0 Å². The van der Waals surface area contributed by atoms with Gasteiger partial charge in [0, 0.05) is 12.0 Å². The van der Waals surface area contributed by atoms with Crippen molar-refractivity contribution >= 4 is 0 Å². The van der Waals surface area contributed by atoms with Crippen molar-refractivity contribution in [2.24, 2.45) is 5.41 Å². The summed E-state index contributed by atoms with van der Waals surface area (Å²) < 4.78 is 25.9. The Morgan fingerprint density at radius 3 is 2.71 bits per heavy atom. The van der Waals surface area contributed by atoms with Gasteiger partial charge in [-0.05, 0) is 25.0 Å². The van der Waals surface area contributed by atoms with Crippen LogP contribution >= 0.6 is 0 Å². The molecule has 1 aromatic carbocycles. The van der Waals surface area contributed by atoms with Crippen molar-refractivity contribution in [1.82, 2.24) is 0 Å². The van der Waals surface area contributed by atoms with Crippen LogP contribution < -0.4 is 0 Å². The molecule has 1 saturated carbocycles. The summed E-state index contributed by atoms with van der Waals surface area (Å²) in [6.07, 6.45) is 0.659. The minimum absolute atomic E-state index is 0.0758. The molecular weight excluding hydrogens is 184 g/mol. The van der Waals surface area contributed by atoms with Crippen molar-refractivity contribution in [2.75, 3.05) is 0 Å². The van der Waals surface area contributed by atoms with Gasteiger partial charge in [-0.25, -0.2) is 8.78 Å². The fourth-order valence-corrected chi connectivity index (χ4v) is 1.73. The summed E-state index contributed by atoms with van der Waals surface area (Å²) in [7, 11) is 0. The van der Waals surface area contributed by atoms with E-state index >= 15 is 0 Å². The summed E-state index contributed by atoms with van der Waals surface area (Å²) in [5.41, 5.74) is -0.00553. The predicted molar refractivity (Wildman–Crippen MR) is 47.4 cm³/mol. The van der Waals surface area contributed by atoms with Crippen LogP contribution in [0, 0.1) is 28.4 Å². The number of halogens is 2. The Morgan fingerprint density at radius 1 is 1.50 bits per heavy atom. The average Bonchev–Trinajstić information content (AvgIpc) is 2.79. The average molecular weight is 193 g/mol. The van der Waals surface area contributed by atoms with Crippen LogP contribution in [0.5, 0.6) is 0 Å². The predicted octanol–water partition coefficient (Wildman–Crippen LogP) is 2.98. The molecule has 0 N–H and O–H groups in total. The lowest BCUT2D eigenvalue weighted by molar-refractivity contribution is 0.566. The van der Waals surface area contributed by atoms with Crippen LogP contribution in [-0.4, -0.2) is 0 Å². The molecule has 2 rings (SSSR count). The first-order valence-corrected chi connectivity index (χ1v) is 4.43. The van der Waals surface area contributed by atoms with E-state index in [1.807, 2.05) is 0 Å². The lowest BCUT2D eigenvalue weighted by Gasteiger charge is -2.03. The Bertz CT molecular complexity index is 422. The van der Waals surface area contributed by atoms with E-state index in [9.17, 15) is 8.78 Å². The van der Waals surface area contributed by atoms with E-state index in [2.05, 4.69) is 6.07 Å². The summed E-state index contributed by atoms with van der Waals surface area (Å²) in [5, 5.41) is 8.80. The second kappa shape index (κ2) is 2.78. The highest BCUT2D eigenvalue weighted by molar-refractivity contribution is 5.35. The second-order valence-corrected chi connectivity index (χ2v) is 3.95. The van der Waals surface area contributed by atoms with Crippen molar-refractivity contribution in [3.05, 3.63) is 35.4 Å². The van der Waals surface area contributed by atoms with Gasteiger partial charge in [-0.3, -0.25) is 0 Å². The molecule has 0 aliphatic heterocycles. The zero-order valence-corrected chi connectivity index (χ0v) is 7.72. The molecule has 0 spiro atoms. The number of nitrogens with zero attached hydrogens (tertiary/aromatic N) is 1. The van der Waals surface area contributed by atoms with Gasteiger partial charge in [-0.2, -0.15) is 5.26 Å². The zero-order valence-electron chi connectivity index (χ0n) is 7.72. The third-order valence-electron chi connectivity index (χ3n) is 2.83. The molecule has 2 atom stereocenters. The molecule has 1 fully saturated rings. The number of nitriles is 1. The van der Waals surface area contributed by atoms with Crippen LogP contribution in [-0.2, 0) is 0 Å². The molecule has 1 nitrogen and oxygen atoms in total. The van der Waals surface area contributed by atoms with Crippen LogP contribution in [0.4, 0.5) is 8.78 Å². The number of hydrogen-bond acceptors (Lipinski definition) is 1. The van der Waals surface area contributed by atoms with E-state index in [1.165, 1.54) is 12.1 Å². The molecule has 72 valence electrons. The maximum Gasteiger partial charge on any atom is 0.129 e. The van der Waals surface area contributed by atoms with Gasteiger partial charge in [-0.15, -0.1) is 0 Å². The van der Waals surface area contributed by atoms with Gasteiger partial charge >= 0.3 is 0 Å².